The molecule has 2 nitrogen and oxygen atoms in total. The van der Waals surface area contributed by atoms with Crippen LogP contribution in [0.25, 0.3) is 10.9 Å². The number of hydrogen-bond donors (Lipinski definition) is 1. The average Bonchev–Trinajstić information content (AvgIpc) is 2.61. The van der Waals surface area contributed by atoms with E-state index in [-0.39, 0.29) is 0 Å². The van der Waals surface area contributed by atoms with Crippen LogP contribution in [-0.2, 0) is 0 Å². The summed E-state index contributed by atoms with van der Waals surface area (Å²) < 4.78 is 1.13. The van der Waals surface area contributed by atoms with Crippen LogP contribution in [0.5, 0.6) is 0 Å². The topological polar surface area (TPSA) is 19.0 Å². The molecule has 1 aromatic carbocycles. The standard InChI is InChI=1S/C9H8BrN.C4H11N/c1-6-5-11-9-3-2-7(10)4-8(6)9;1-4-5(2)3/h2-5,11H,1H3;4H2,1-3H3. The molecule has 1 heterocycles. The lowest BCUT2D eigenvalue weighted by Crippen LogP contribution is -2.08. The molecule has 0 aliphatic rings. The molecule has 0 amide bonds. The monoisotopic (exact) mass is 282 g/mol. The molecule has 0 fully saturated rings. The van der Waals surface area contributed by atoms with Gasteiger partial charge in [0, 0.05) is 21.6 Å². The van der Waals surface area contributed by atoms with E-state index < -0.39 is 0 Å². The van der Waals surface area contributed by atoms with Crippen molar-refractivity contribution < 1.29 is 0 Å². The van der Waals surface area contributed by atoms with Gasteiger partial charge in [-0.25, -0.2) is 0 Å². The molecule has 3 heteroatoms. The molecule has 0 saturated carbocycles. The Hall–Kier alpha value is -0.800. The fraction of sp³-hybridized carbons (Fsp3) is 0.385. The van der Waals surface area contributed by atoms with Gasteiger partial charge in [-0.3, -0.25) is 0 Å². The summed E-state index contributed by atoms with van der Waals surface area (Å²) in [5.41, 5.74) is 2.49. The van der Waals surface area contributed by atoms with Crippen molar-refractivity contribution >= 4 is 26.8 Å². The third-order valence-electron chi connectivity index (χ3n) is 2.48. The highest BCUT2D eigenvalue weighted by molar-refractivity contribution is 9.10. The van der Waals surface area contributed by atoms with Crippen LogP contribution < -0.4 is 0 Å². The summed E-state index contributed by atoms with van der Waals surface area (Å²) in [5, 5.41) is 1.29. The number of halogens is 1. The molecule has 2 rings (SSSR count). The first-order chi connectivity index (χ1) is 7.54. The second-order valence-electron chi connectivity index (χ2n) is 4.06. The SMILES string of the molecule is CCN(C)C.Cc1c[nH]c2ccc(Br)cc12. The van der Waals surface area contributed by atoms with Crippen molar-refractivity contribution in [3.05, 3.63) is 34.4 Å². The Morgan fingerprint density at radius 2 is 1.94 bits per heavy atom. The van der Waals surface area contributed by atoms with Gasteiger partial charge in [0.1, 0.15) is 0 Å². The Bertz CT molecular complexity index is 446. The summed E-state index contributed by atoms with van der Waals surface area (Å²) in [6.07, 6.45) is 2.02. The predicted octanol–water partition coefficient (Wildman–Crippen LogP) is 3.81. The summed E-state index contributed by atoms with van der Waals surface area (Å²) in [7, 11) is 4.11. The van der Waals surface area contributed by atoms with Crippen molar-refractivity contribution in [3.8, 4) is 0 Å². The molecule has 2 aromatic rings. The third-order valence-corrected chi connectivity index (χ3v) is 2.98. The van der Waals surface area contributed by atoms with Crippen LogP contribution >= 0.6 is 15.9 Å². The minimum absolute atomic E-state index is 1.13. The van der Waals surface area contributed by atoms with E-state index in [1.807, 2.05) is 12.3 Å². The second-order valence-corrected chi connectivity index (χ2v) is 4.97. The van der Waals surface area contributed by atoms with Gasteiger partial charge in [0.25, 0.3) is 0 Å². The Labute approximate surface area is 106 Å². The molecule has 0 atom stereocenters. The fourth-order valence-electron chi connectivity index (χ4n) is 1.23. The number of aromatic amines is 1. The normalized spacial score (nSPS) is 10.4. The van der Waals surface area contributed by atoms with Crippen LogP contribution in [0.3, 0.4) is 0 Å². The summed E-state index contributed by atoms with van der Waals surface area (Å²) >= 11 is 3.44. The maximum absolute atomic E-state index is 3.44. The Morgan fingerprint density at radius 3 is 2.50 bits per heavy atom. The van der Waals surface area contributed by atoms with E-state index in [0.717, 1.165) is 11.0 Å². The third kappa shape index (κ3) is 3.65. The second kappa shape index (κ2) is 6.06. The lowest BCUT2D eigenvalue weighted by atomic mass is 10.2. The van der Waals surface area contributed by atoms with Crippen LogP contribution in [0.15, 0.2) is 28.9 Å². The van der Waals surface area contributed by atoms with Crippen molar-refractivity contribution in [3.63, 3.8) is 0 Å². The summed E-state index contributed by atoms with van der Waals surface area (Å²) in [6.45, 7) is 5.37. The number of H-pyrrole nitrogens is 1. The number of aryl methyl sites for hydroxylation is 1. The molecule has 88 valence electrons. The van der Waals surface area contributed by atoms with Gasteiger partial charge in [-0.1, -0.05) is 22.9 Å². The maximum atomic E-state index is 3.44. The van der Waals surface area contributed by atoms with Gasteiger partial charge in [0.2, 0.25) is 0 Å². The summed E-state index contributed by atoms with van der Waals surface area (Å²) in [4.78, 5) is 5.32. The molecule has 16 heavy (non-hydrogen) atoms. The van der Waals surface area contributed by atoms with Gasteiger partial charge in [-0.15, -0.1) is 0 Å². The first-order valence-electron chi connectivity index (χ1n) is 5.42. The molecule has 0 saturated heterocycles. The van der Waals surface area contributed by atoms with Gasteiger partial charge in [0.15, 0.2) is 0 Å². The van der Waals surface area contributed by atoms with Crippen molar-refractivity contribution in [2.24, 2.45) is 0 Å². The lowest BCUT2D eigenvalue weighted by Gasteiger charge is -2.00. The zero-order valence-corrected chi connectivity index (χ0v) is 11.9. The lowest BCUT2D eigenvalue weighted by molar-refractivity contribution is 0.434. The van der Waals surface area contributed by atoms with Crippen molar-refractivity contribution in [2.75, 3.05) is 20.6 Å². The molecular formula is C13H19BrN2. The first kappa shape index (κ1) is 13.3. The number of nitrogens with one attached hydrogen (secondary N) is 1. The van der Waals surface area contributed by atoms with Gasteiger partial charge in [0.05, 0.1) is 0 Å². The number of nitrogens with zero attached hydrogens (tertiary/aromatic N) is 1. The maximum Gasteiger partial charge on any atom is 0.0457 e. The number of rotatable bonds is 1. The zero-order chi connectivity index (χ0) is 12.1. The minimum atomic E-state index is 1.13. The minimum Gasteiger partial charge on any atom is -0.361 e. The largest absolute Gasteiger partial charge is 0.361 e. The van der Waals surface area contributed by atoms with Crippen molar-refractivity contribution in [1.82, 2.24) is 9.88 Å². The van der Waals surface area contributed by atoms with E-state index in [9.17, 15) is 0 Å². The summed E-state index contributed by atoms with van der Waals surface area (Å²) in [5.74, 6) is 0. The van der Waals surface area contributed by atoms with Gasteiger partial charge in [-0.05, 0) is 51.3 Å². The highest BCUT2D eigenvalue weighted by Crippen LogP contribution is 2.21. The predicted molar refractivity (Wildman–Crippen MR) is 75.0 cm³/mol. The molecule has 0 unspecified atom stereocenters. The first-order valence-corrected chi connectivity index (χ1v) is 6.22. The zero-order valence-electron chi connectivity index (χ0n) is 10.3. The molecule has 0 aliphatic carbocycles. The van der Waals surface area contributed by atoms with Crippen molar-refractivity contribution in [2.45, 2.75) is 13.8 Å². The average molecular weight is 283 g/mol. The molecular weight excluding hydrogens is 264 g/mol. The van der Waals surface area contributed by atoms with E-state index in [1.165, 1.54) is 16.5 Å². The molecule has 1 aromatic heterocycles. The smallest absolute Gasteiger partial charge is 0.0457 e. The van der Waals surface area contributed by atoms with Crippen LogP contribution in [0, 0.1) is 6.92 Å². The van der Waals surface area contributed by atoms with E-state index in [1.54, 1.807) is 0 Å². The molecule has 0 bridgehead atoms. The van der Waals surface area contributed by atoms with Crippen LogP contribution in [0.2, 0.25) is 0 Å². The van der Waals surface area contributed by atoms with Crippen LogP contribution in [-0.4, -0.2) is 30.5 Å². The highest BCUT2D eigenvalue weighted by Gasteiger charge is 1.97. The van der Waals surface area contributed by atoms with Crippen molar-refractivity contribution in [1.29, 1.82) is 0 Å². The summed E-state index contributed by atoms with van der Waals surface area (Å²) in [6, 6.07) is 6.24. The molecule has 0 spiro atoms. The number of aromatic nitrogens is 1. The number of benzene rings is 1. The Kier molecular flexibility index (Phi) is 5.03. The molecule has 1 N–H and O–H groups in total. The van der Waals surface area contributed by atoms with E-state index in [2.05, 4.69) is 65.9 Å². The Balaban J connectivity index is 0.000000221. The van der Waals surface area contributed by atoms with Gasteiger partial charge in [-0.2, -0.15) is 0 Å². The highest BCUT2D eigenvalue weighted by atomic mass is 79.9. The molecule has 0 radical (unpaired) electrons. The quantitative estimate of drug-likeness (QED) is 0.843. The van der Waals surface area contributed by atoms with Gasteiger partial charge < -0.3 is 9.88 Å². The van der Waals surface area contributed by atoms with E-state index in [4.69, 9.17) is 0 Å². The number of hydrogen-bond acceptors (Lipinski definition) is 1. The fourth-order valence-corrected chi connectivity index (χ4v) is 1.59. The Morgan fingerprint density at radius 1 is 1.31 bits per heavy atom. The van der Waals surface area contributed by atoms with E-state index in [0.29, 0.717) is 0 Å². The van der Waals surface area contributed by atoms with Crippen LogP contribution in [0.4, 0.5) is 0 Å². The van der Waals surface area contributed by atoms with E-state index >= 15 is 0 Å². The van der Waals surface area contributed by atoms with Crippen LogP contribution in [0.1, 0.15) is 12.5 Å². The van der Waals surface area contributed by atoms with Gasteiger partial charge >= 0.3 is 0 Å². The number of fused-ring (bicyclic) bond motifs is 1. The molecule has 0 aliphatic heterocycles.